The van der Waals surface area contributed by atoms with Gasteiger partial charge in [0.2, 0.25) is 0 Å². The first-order valence-corrected chi connectivity index (χ1v) is 9.15. The summed E-state index contributed by atoms with van der Waals surface area (Å²) in [6.45, 7) is 1.29. The van der Waals surface area contributed by atoms with Gasteiger partial charge in [-0.3, -0.25) is 9.78 Å². The number of sulfone groups is 1. The molecule has 0 aliphatic heterocycles. The van der Waals surface area contributed by atoms with Crippen molar-refractivity contribution in [3.05, 3.63) is 52.3 Å². The molecule has 0 fully saturated rings. The van der Waals surface area contributed by atoms with Gasteiger partial charge < -0.3 is 4.74 Å². The lowest BCUT2D eigenvalue weighted by atomic mass is 10.2. The molecule has 2 rings (SSSR count). The van der Waals surface area contributed by atoms with Gasteiger partial charge >= 0.3 is 6.36 Å². The molecule has 0 saturated heterocycles. The van der Waals surface area contributed by atoms with Crippen LogP contribution < -0.4 is 4.74 Å². The largest absolute Gasteiger partial charge is 0.573 e. The van der Waals surface area contributed by atoms with Crippen LogP contribution in [0.5, 0.6) is 5.75 Å². The van der Waals surface area contributed by atoms with Gasteiger partial charge in [-0.15, -0.1) is 13.2 Å². The molecule has 0 spiro atoms. The molecular weight excluding hydrogens is 427 g/mol. The Morgan fingerprint density at radius 2 is 1.92 bits per heavy atom. The lowest BCUT2D eigenvalue weighted by Gasteiger charge is -2.14. The number of Topliss-reactive ketones (excluding diaryl/α,β-unsaturated/α-hetero) is 1. The summed E-state index contributed by atoms with van der Waals surface area (Å²) < 4.78 is 66.7. The maximum atomic E-state index is 12.6. The minimum Gasteiger partial charge on any atom is -0.404 e. The number of nitrogens with zero attached hydrogens (tertiary/aromatic N) is 1. The maximum Gasteiger partial charge on any atom is 0.573 e. The van der Waals surface area contributed by atoms with Crippen LogP contribution in [0.1, 0.15) is 22.8 Å². The van der Waals surface area contributed by atoms with Gasteiger partial charge in [0, 0.05) is 22.4 Å². The normalized spacial score (nSPS) is 12.0. The third kappa shape index (κ3) is 5.27. The molecule has 0 atom stereocenters. The Kier molecular flexibility index (Phi) is 5.52. The van der Waals surface area contributed by atoms with Crippen molar-refractivity contribution in [2.75, 3.05) is 0 Å². The highest BCUT2D eigenvalue weighted by Crippen LogP contribution is 2.33. The van der Waals surface area contributed by atoms with Gasteiger partial charge in [-0.1, -0.05) is 15.9 Å². The Morgan fingerprint density at radius 3 is 2.52 bits per heavy atom. The fourth-order valence-corrected chi connectivity index (χ4v) is 3.98. The van der Waals surface area contributed by atoms with Crippen LogP contribution >= 0.6 is 15.9 Å². The van der Waals surface area contributed by atoms with Crippen LogP contribution in [-0.2, 0) is 15.6 Å². The Morgan fingerprint density at radius 1 is 1.24 bits per heavy atom. The molecule has 0 radical (unpaired) electrons. The number of alkyl halides is 3. The van der Waals surface area contributed by atoms with Gasteiger partial charge in [-0.2, -0.15) is 0 Å². The summed E-state index contributed by atoms with van der Waals surface area (Å²) in [6.07, 6.45) is -2.53. The summed E-state index contributed by atoms with van der Waals surface area (Å²) in [5, 5.41) is 0. The Balaban J connectivity index is 2.44. The number of aromatic nitrogens is 1. The van der Waals surface area contributed by atoms with E-state index in [4.69, 9.17) is 0 Å². The topological polar surface area (TPSA) is 73.3 Å². The molecule has 2 aromatic rings. The van der Waals surface area contributed by atoms with Gasteiger partial charge in [0.05, 0.1) is 5.75 Å². The summed E-state index contributed by atoms with van der Waals surface area (Å²) in [6, 6.07) is 4.50. The number of carbonyl (C=O) groups excluding carboxylic acids is 1. The first kappa shape index (κ1) is 19.4. The molecule has 0 aliphatic carbocycles. The summed E-state index contributed by atoms with van der Waals surface area (Å²) in [5.74, 6) is -1.77. The number of benzene rings is 1. The molecule has 0 N–H and O–H groups in total. The Labute approximate surface area is 149 Å². The van der Waals surface area contributed by atoms with E-state index in [1.165, 1.54) is 31.5 Å². The third-order valence-electron chi connectivity index (χ3n) is 3.02. The molecule has 1 heterocycles. The predicted octanol–water partition coefficient (Wildman–Crippen LogP) is 3.92. The standard InChI is InChI=1S/C15H11BrF3NO4S/c1-9(21)11-4-10(6-20-7-11)8-25(22,23)14-5-12(16)2-3-13(14)24-15(17,18)19/h2-7H,8H2,1H3. The van der Waals surface area contributed by atoms with E-state index in [9.17, 15) is 26.4 Å². The predicted molar refractivity (Wildman–Crippen MR) is 86.0 cm³/mol. The van der Waals surface area contributed by atoms with Gasteiger partial charge in [-0.25, -0.2) is 8.42 Å². The van der Waals surface area contributed by atoms with E-state index in [1.54, 1.807) is 0 Å². The van der Waals surface area contributed by atoms with Crippen LogP contribution in [0, 0.1) is 0 Å². The number of rotatable bonds is 5. The summed E-state index contributed by atoms with van der Waals surface area (Å²) in [5.41, 5.74) is 0.374. The highest BCUT2D eigenvalue weighted by Gasteiger charge is 2.34. The van der Waals surface area contributed by atoms with E-state index in [1.807, 2.05) is 0 Å². The lowest BCUT2D eigenvalue weighted by Crippen LogP contribution is -2.19. The second-order valence-corrected chi connectivity index (χ2v) is 7.91. The summed E-state index contributed by atoms with van der Waals surface area (Å²) in [4.78, 5) is 14.5. The van der Waals surface area contributed by atoms with Crippen molar-refractivity contribution in [3.8, 4) is 5.75 Å². The number of ketones is 1. The smallest absolute Gasteiger partial charge is 0.404 e. The van der Waals surface area contributed by atoms with Crippen molar-refractivity contribution >= 4 is 31.6 Å². The molecule has 0 unspecified atom stereocenters. The monoisotopic (exact) mass is 437 g/mol. The molecule has 1 aromatic carbocycles. The zero-order chi connectivity index (χ0) is 18.8. The van der Waals surface area contributed by atoms with E-state index in [0.717, 1.165) is 12.1 Å². The number of pyridine rings is 1. The highest BCUT2D eigenvalue weighted by molar-refractivity contribution is 9.10. The third-order valence-corrected chi connectivity index (χ3v) is 5.22. The van der Waals surface area contributed by atoms with Gasteiger partial charge in [-0.05, 0) is 36.8 Å². The zero-order valence-corrected chi connectivity index (χ0v) is 15.1. The van der Waals surface area contributed by atoms with Crippen LogP contribution in [0.4, 0.5) is 13.2 Å². The lowest BCUT2D eigenvalue weighted by molar-refractivity contribution is -0.275. The van der Waals surface area contributed by atoms with E-state index in [2.05, 4.69) is 25.7 Å². The van der Waals surface area contributed by atoms with Crippen molar-refractivity contribution in [2.45, 2.75) is 23.9 Å². The number of carbonyl (C=O) groups is 1. The van der Waals surface area contributed by atoms with Crippen LogP contribution in [0.3, 0.4) is 0 Å². The maximum absolute atomic E-state index is 12.6. The highest BCUT2D eigenvalue weighted by atomic mass is 79.9. The fourth-order valence-electron chi connectivity index (χ4n) is 1.99. The van der Waals surface area contributed by atoms with Crippen LogP contribution in [0.2, 0.25) is 0 Å². The molecule has 0 aliphatic rings. The van der Waals surface area contributed by atoms with Crippen molar-refractivity contribution in [1.29, 1.82) is 0 Å². The van der Waals surface area contributed by atoms with Gasteiger partial charge in [0.15, 0.2) is 15.6 Å². The SMILES string of the molecule is CC(=O)c1cncc(CS(=O)(=O)c2cc(Br)ccc2OC(F)(F)F)c1. The minimum absolute atomic E-state index is 0.172. The molecular formula is C15H11BrF3NO4S. The average molecular weight is 438 g/mol. The van der Waals surface area contributed by atoms with E-state index >= 15 is 0 Å². The van der Waals surface area contributed by atoms with Gasteiger partial charge in [0.1, 0.15) is 10.6 Å². The van der Waals surface area contributed by atoms with Crippen molar-refractivity contribution < 1.29 is 31.1 Å². The average Bonchev–Trinajstić information content (AvgIpc) is 2.47. The van der Waals surface area contributed by atoms with Crippen molar-refractivity contribution in [1.82, 2.24) is 4.98 Å². The second-order valence-electron chi connectivity index (χ2n) is 5.04. The number of halogens is 4. The molecule has 134 valence electrons. The van der Waals surface area contributed by atoms with Crippen LogP contribution in [0.15, 0.2) is 46.0 Å². The first-order chi connectivity index (χ1) is 11.5. The fraction of sp³-hybridized carbons (Fsp3) is 0.200. The summed E-state index contributed by atoms with van der Waals surface area (Å²) >= 11 is 3.03. The molecule has 1 aromatic heterocycles. The molecule has 0 saturated carbocycles. The summed E-state index contributed by atoms with van der Waals surface area (Å²) in [7, 11) is -4.19. The number of ether oxygens (including phenoxy) is 1. The minimum atomic E-state index is -5.03. The van der Waals surface area contributed by atoms with E-state index in [0.29, 0.717) is 0 Å². The quantitative estimate of drug-likeness (QED) is 0.662. The van der Waals surface area contributed by atoms with Crippen LogP contribution in [0.25, 0.3) is 0 Å². The second kappa shape index (κ2) is 7.12. The first-order valence-electron chi connectivity index (χ1n) is 6.71. The molecule has 10 heteroatoms. The van der Waals surface area contributed by atoms with Gasteiger partial charge in [0.25, 0.3) is 0 Å². The zero-order valence-electron chi connectivity index (χ0n) is 12.7. The molecule has 0 bridgehead atoms. The number of hydrogen-bond acceptors (Lipinski definition) is 5. The van der Waals surface area contributed by atoms with Crippen molar-refractivity contribution in [3.63, 3.8) is 0 Å². The van der Waals surface area contributed by atoms with Crippen LogP contribution in [-0.4, -0.2) is 25.5 Å². The molecule has 0 amide bonds. The number of hydrogen-bond donors (Lipinski definition) is 0. The molecule has 25 heavy (non-hydrogen) atoms. The van der Waals surface area contributed by atoms with E-state index < -0.39 is 32.6 Å². The van der Waals surface area contributed by atoms with E-state index in [-0.39, 0.29) is 21.4 Å². The Hall–Kier alpha value is -1.94. The Bertz CT molecular complexity index is 913. The van der Waals surface area contributed by atoms with Crippen molar-refractivity contribution in [2.24, 2.45) is 0 Å². The molecule has 5 nitrogen and oxygen atoms in total.